The largest absolute Gasteiger partial charge is 0.494 e. The molecule has 3 atom stereocenters. The van der Waals surface area contributed by atoms with Crippen molar-refractivity contribution < 1.29 is 19.0 Å². The van der Waals surface area contributed by atoms with Crippen LogP contribution in [0.2, 0.25) is 0 Å². The lowest BCUT2D eigenvalue weighted by molar-refractivity contribution is -0.122. The van der Waals surface area contributed by atoms with Gasteiger partial charge in [0.25, 0.3) is 0 Å². The monoisotopic (exact) mass is 398 g/mol. The summed E-state index contributed by atoms with van der Waals surface area (Å²) in [5, 5.41) is 6.24. The Labute approximate surface area is 167 Å². The van der Waals surface area contributed by atoms with Gasteiger partial charge in [0.1, 0.15) is 17.6 Å². The van der Waals surface area contributed by atoms with Crippen molar-refractivity contribution in [1.29, 1.82) is 0 Å². The van der Waals surface area contributed by atoms with E-state index in [9.17, 15) is 4.79 Å². The highest BCUT2D eigenvalue weighted by Crippen LogP contribution is 2.52. The molecule has 7 heteroatoms. The van der Waals surface area contributed by atoms with Crippen LogP contribution in [0.1, 0.15) is 37.3 Å². The first-order chi connectivity index (χ1) is 12.6. The fourth-order valence-electron chi connectivity index (χ4n) is 3.56. The molecule has 0 radical (unpaired) electrons. The van der Waals surface area contributed by atoms with Crippen molar-refractivity contribution in [1.82, 2.24) is 10.6 Å². The highest BCUT2D eigenvalue weighted by Gasteiger charge is 2.45. The van der Waals surface area contributed by atoms with Gasteiger partial charge in [0.15, 0.2) is 0 Å². The number of rotatable bonds is 10. The van der Waals surface area contributed by atoms with Gasteiger partial charge in [-0.05, 0) is 32.4 Å². The minimum atomic E-state index is 0. The van der Waals surface area contributed by atoms with E-state index in [1.54, 1.807) is 7.11 Å². The van der Waals surface area contributed by atoms with E-state index < -0.39 is 0 Å². The number of carbonyl (C=O) groups excluding carboxylic acids is 1. The predicted molar refractivity (Wildman–Crippen MR) is 107 cm³/mol. The van der Waals surface area contributed by atoms with Gasteiger partial charge in [0, 0.05) is 56.1 Å². The number of nitrogens with one attached hydrogen (secondary N) is 2. The summed E-state index contributed by atoms with van der Waals surface area (Å²) in [6.07, 6.45) is 2.00. The molecule has 1 saturated carbocycles. The second kappa shape index (κ2) is 10.2. The van der Waals surface area contributed by atoms with Crippen LogP contribution in [0.25, 0.3) is 0 Å². The van der Waals surface area contributed by atoms with Crippen molar-refractivity contribution in [3.8, 4) is 11.5 Å². The van der Waals surface area contributed by atoms with Crippen LogP contribution < -0.4 is 20.1 Å². The Bertz CT molecular complexity index is 641. The van der Waals surface area contributed by atoms with Gasteiger partial charge in [-0.25, -0.2) is 0 Å². The summed E-state index contributed by atoms with van der Waals surface area (Å²) in [5.74, 6) is 2.24. The molecule has 0 saturated heterocycles. The van der Waals surface area contributed by atoms with Crippen LogP contribution in [-0.4, -0.2) is 52.0 Å². The zero-order valence-corrected chi connectivity index (χ0v) is 17.2. The Balaban J connectivity index is 0.00000261. The molecule has 27 heavy (non-hydrogen) atoms. The molecule has 1 aromatic rings. The maximum absolute atomic E-state index is 12.4. The molecule has 0 spiro atoms. The number of carbonyl (C=O) groups is 1. The molecule has 152 valence electrons. The molecule has 0 bridgehead atoms. The molecule has 1 heterocycles. The quantitative estimate of drug-likeness (QED) is 0.592. The molecule has 1 fully saturated rings. The van der Waals surface area contributed by atoms with E-state index >= 15 is 0 Å². The summed E-state index contributed by atoms with van der Waals surface area (Å²) in [6, 6.07) is 4.19. The Morgan fingerprint density at radius 1 is 1.30 bits per heavy atom. The minimum Gasteiger partial charge on any atom is -0.494 e. The maximum atomic E-state index is 12.4. The first kappa shape index (κ1) is 21.8. The van der Waals surface area contributed by atoms with Crippen LogP contribution in [-0.2, 0) is 16.0 Å². The van der Waals surface area contributed by atoms with Gasteiger partial charge in [0.05, 0.1) is 13.2 Å². The fraction of sp³-hybridized carbons (Fsp3) is 0.650. The van der Waals surface area contributed by atoms with Gasteiger partial charge >= 0.3 is 0 Å². The molecule has 1 aliphatic heterocycles. The number of amides is 1. The molecule has 6 nitrogen and oxygen atoms in total. The van der Waals surface area contributed by atoms with Gasteiger partial charge in [-0.15, -0.1) is 12.4 Å². The zero-order chi connectivity index (χ0) is 18.5. The second-order valence-corrected chi connectivity index (χ2v) is 7.05. The van der Waals surface area contributed by atoms with Crippen LogP contribution in [0.15, 0.2) is 12.1 Å². The minimum absolute atomic E-state index is 0. The van der Waals surface area contributed by atoms with E-state index in [0.29, 0.717) is 19.8 Å². The number of ether oxygens (including phenoxy) is 3. The lowest BCUT2D eigenvalue weighted by atomic mass is 10.0. The van der Waals surface area contributed by atoms with E-state index in [-0.39, 0.29) is 36.3 Å². The van der Waals surface area contributed by atoms with Gasteiger partial charge in [-0.1, -0.05) is 0 Å². The fourth-order valence-corrected chi connectivity index (χ4v) is 3.56. The molecule has 0 aromatic heterocycles. The average Bonchev–Trinajstić information content (AvgIpc) is 3.33. The van der Waals surface area contributed by atoms with Crippen LogP contribution in [0.5, 0.6) is 11.5 Å². The third kappa shape index (κ3) is 5.50. The molecule has 3 unspecified atom stereocenters. The van der Waals surface area contributed by atoms with Gasteiger partial charge in [-0.2, -0.15) is 0 Å². The van der Waals surface area contributed by atoms with Crippen LogP contribution in [0.4, 0.5) is 0 Å². The summed E-state index contributed by atoms with van der Waals surface area (Å²) in [4.78, 5) is 12.4. The summed E-state index contributed by atoms with van der Waals surface area (Å²) in [6.45, 7) is 7.55. The van der Waals surface area contributed by atoms with Crippen LogP contribution in [0, 0.1) is 5.92 Å². The van der Waals surface area contributed by atoms with Crippen LogP contribution in [0.3, 0.4) is 0 Å². The van der Waals surface area contributed by atoms with Crippen molar-refractivity contribution in [2.45, 2.75) is 38.7 Å². The summed E-state index contributed by atoms with van der Waals surface area (Å²) in [5.41, 5.74) is 2.31. The first-order valence-corrected chi connectivity index (χ1v) is 9.57. The molecule has 1 aromatic carbocycles. The van der Waals surface area contributed by atoms with Crippen molar-refractivity contribution >= 4 is 18.3 Å². The number of hydrogen-bond acceptors (Lipinski definition) is 5. The van der Waals surface area contributed by atoms with Crippen molar-refractivity contribution in [3.05, 3.63) is 23.3 Å². The normalized spacial score (nSPS) is 22.4. The number of methoxy groups -OCH3 is 1. The molecule has 1 aliphatic carbocycles. The Morgan fingerprint density at radius 3 is 2.85 bits per heavy atom. The molecule has 2 aliphatic rings. The van der Waals surface area contributed by atoms with E-state index in [4.69, 9.17) is 14.2 Å². The molecule has 2 N–H and O–H groups in total. The third-order valence-corrected chi connectivity index (χ3v) is 4.94. The lowest BCUT2D eigenvalue weighted by Gasteiger charge is -2.13. The molecule has 1 amide bonds. The third-order valence-electron chi connectivity index (χ3n) is 4.94. The topological polar surface area (TPSA) is 68.8 Å². The summed E-state index contributed by atoms with van der Waals surface area (Å²) < 4.78 is 16.7. The van der Waals surface area contributed by atoms with Gasteiger partial charge < -0.3 is 24.8 Å². The number of hydrogen-bond donors (Lipinski definition) is 2. The average molecular weight is 399 g/mol. The highest BCUT2D eigenvalue weighted by molar-refractivity contribution is 5.85. The van der Waals surface area contributed by atoms with Gasteiger partial charge in [-0.3, -0.25) is 4.79 Å². The number of fused-ring (bicyclic) bond motifs is 1. The maximum Gasteiger partial charge on any atom is 0.223 e. The van der Waals surface area contributed by atoms with Crippen molar-refractivity contribution in [2.75, 3.05) is 40.0 Å². The first-order valence-electron chi connectivity index (χ1n) is 9.57. The second-order valence-electron chi connectivity index (χ2n) is 7.05. The smallest absolute Gasteiger partial charge is 0.223 e. The summed E-state index contributed by atoms with van der Waals surface area (Å²) >= 11 is 0. The van der Waals surface area contributed by atoms with E-state index in [0.717, 1.165) is 43.0 Å². The van der Waals surface area contributed by atoms with Crippen LogP contribution >= 0.6 is 12.4 Å². The Morgan fingerprint density at radius 2 is 2.11 bits per heavy atom. The molecular formula is C20H31ClN2O4. The van der Waals surface area contributed by atoms with Gasteiger partial charge in [0.2, 0.25) is 5.91 Å². The molecule has 3 rings (SSSR count). The van der Waals surface area contributed by atoms with Crippen molar-refractivity contribution in [3.63, 3.8) is 0 Å². The summed E-state index contributed by atoms with van der Waals surface area (Å²) in [7, 11) is 1.68. The molecular weight excluding hydrogens is 368 g/mol. The number of benzene rings is 1. The standard InChI is InChI=1S/C20H30N2O4.ClH/c1-4-25-19-10-14-9-13(2)26-18(14)12-16(19)15-11-17(15)20(23)22-6-5-21-7-8-24-3;/h10,12-13,15,17,21H,4-9,11H2,1-3H3,(H,22,23);1H. The zero-order valence-electron chi connectivity index (χ0n) is 16.4. The van der Waals surface area contributed by atoms with E-state index in [2.05, 4.69) is 29.7 Å². The van der Waals surface area contributed by atoms with E-state index in [1.165, 1.54) is 5.56 Å². The Hall–Kier alpha value is -1.50. The SMILES string of the molecule is CCOc1cc2c(cc1C1CC1C(=O)NCCNCCOC)OC(C)C2.Cl. The lowest BCUT2D eigenvalue weighted by Crippen LogP contribution is -2.34. The number of halogens is 1. The van der Waals surface area contributed by atoms with Crippen molar-refractivity contribution in [2.24, 2.45) is 5.92 Å². The van der Waals surface area contributed by atoms with E-state index in [1.807, 2.05) is 6.92 Å². The Kier molecular flexibility index (Phi) is 8.20. The highest BCUT2D eigenvalue weighted by atomic mass is 35.5. The predicted octanol–water partition coefficient (Wildman–Crippen LogP) is 2.29.